The van der Waals surface area contributed by atoms with Crippen molar-refractivity contribution in [2.45, 2.75) is 12.0 Å². The van der Waals surface area contributed by atoms with E-state index in [1.54, 1.807) is 0 Å². The van der Waals surface area contributed by atoms with Crippen molar-refractivity contribution in [3.05, 3.63) is 33.3 Å². The van der Waals surface area contributed by atoms with Crippen LogP contribution in [0, 0.1) is 0 Å². The van der Waals surface area contributed by atoms with Crippen LogP contribution in [0.5, 0.6) is 0 Å². The summed E-state index contributed by atoms with van der Waals surface area (Å²) >= 11 is 8.60. The van der Waals surface area contributed by atoms with Crippen LogP contribution in [0.3, 0.4) is 0 Å². The number of halogens is 4. The van der Waals surface area contributed by atoms with Crippen molar-refractivity contribution in [2.24, 2.45) is 0 Å². The molecule has 0 heterocycles. The molecule has 2 N–H and O–H groups in total. The van der Waals surface area contributed by atoms with Crippen LogP contribution in [-0.4, -0.2) is 22.1 Å². The van der Waals surface area contributed by atoms with Gasteiger partial charge in [0.15, 0.2) is 6.10 Å². The minimum Gasteiger partial charge on any atom is -0.477 e. The number of hydrogen-bond acceptors (Lipinski definition) is 2. The van der Waals surface area contributed by atoms with Gasteiger partial charge >= 0.3 is 11.9 Å². The standard InChI is InChI=1S/C9H6BrClF2O3/c10-4-1-2-6(11)5(3-4)7(14)9(12,13)8(15)16/h1-3,7,14H,(H,15,16). The van der Waals surface area contributed by atoms with Gasteiger partial charge < -0.3 is 10.2 Å². The molecule has 0 radical (unpaired) electrons. The van der Waals surface area contributed by atoms with Crippen molar-refractivity contribution in [1.82, 2.24) is 0 Å². The number of carboxylic acids is 1. The molecule has 1 aromatic rings. The number of alkyl halides is 2. The Hall–Kier alpha value is -0.720. The highest BCUT2D eigenvalue weighted by molar-refractivity contribution is 9.10. The van der Waals surface area contributed by atoms with Gasteiger partial charge in [-0.05, 0) is 18.2 Å². The van der Waals surface area contributed by atoms with Gasteiger partial charge in [-0.15, -0.1) is 0 Å². The monoisotopic (exact) mass is 314 g/mol. The summed E-state index contributed by atoms with van der Waals surface area (Å²) in [5.74, 6) is -6.69. The predicted octanol–water partition coefficient (Wildman–Crippen LogP) is 2.86. The molecule has 7 heteroatoms. The molecule has 1 aromatic carbocycles. The van der Waals surface area contributed by atoms with E-state index in [-0.39, 0.29) is 10.6 Å². The fourth-order valence-corrected chi connectivity index (χ4v) is 1.64. The van der Waals surface area contributed by atoms with Gasteiger partial charge in [-0.3, -0.25) is 0 Å². The molecule has 3 nitrogen and oxygen atoms in total. The Kier molecular flexibility index (Phi) is 3.88. The molecule has 0 aliphatic carbocycles. The zero-order valence-electron chi connectivity index (χ0n) is 7.62. The van der Waals surface area contributed by atoms with Crippen LogP contribution in [-0.2, 0) is 4.79 Å². The first-order valence-electron chi connectivity index (χ1n) is 4.01. The first kappa shape index (κ1) is 13.3. The van der Waals surface area contributed by atoms with Crippen molar-refractivity contribution in [1.29, 1.82) is 0 Å². The summed E-state index contributed by atoms with van der Waals surface area (Å²) < 4.78 is 26.4. The van der Waals surface area contributed by atoms with Gasteiger partial charge in [0, 0.05) is 15.1 Å². The van der Waals surface area contributed by atoms with Crippen molar-refractivity contribution in [3.63, 3.8) is 0 Å². The highest BCUT2D eigenvalue weighted by atomic mass is 79.9. The first-order valence-corrected chi connectivity index (χ1v) is 5.18. The molecular formula is C9H6BrClF2O3. The molecule has 0 saturated carbocycles. The zero-order chi connectivity index (χ0) is 12.5. The summed E-state index contributed by atoms with van der Waals surface area (Å²) in [6, 6.07) is 3.91. The molecule has 1 atom stereocenters. The lowest BCUT2D eigenvalue weighted by atomic mass is 10.0. The summed E-state index contributed by atoms with van der Waals surface area (Å²) in [6.45, 7) is 0. The second kappa shape index (κ2) is 4.65. The smallest absolute Gasteiger partial charge is 0.377 e. The highest BCUT2D eigenvalue weighted by Crippen LogP contribution is 2.36. The fourth-order valence-electron chi connectivity index (χ4n) is 1.04. The normalized spacial score (nSPS) is 13.6. The van der Waals surface area contributed by atoms with E-state index in [0.29, 0.717) is 4.47 Å². The number of aliphatic hydroxyl groups is 1. The first-order chi connectivity index (χ1) is 7.26. The maximum atomic E-state index is 13.0. The van der Waals surface area contributed by atoms with E-state index in [9.17, 15) is 18.7 Å². The molecule has 1 unspecified atom stereocenters. The van der Waals surface area contributed by atoms with E-state index in [0.717, 1.165) is 6.07 Å². The highest BCUT2D eigenvalue weighted by Gasteiger charge is 2.48. The Morgan fingerprint density at radius 3 is 2.56 bits per heavy atom. The minimum atomic E-state index is -4.29. The summed E-state index contributed by atoms with van der Waals surface area (Å²) in [5.41, 5.74) is -0.344. The molecule has 0 bridgehead atoms. The van der Waals surface area contributed by atoms with Gasteiger partial charge in [0.05, 0.1) is 0 Å². The Morgan fingerprint density at radius 1 is 1.50 bits per heavy atom. The van der Waals surface area contributed by atoms with E-state index in [4.69, 9.17) is 16.7 Å². The molecule has 16 heavy (non-hydrogen) atoms. The third-order valence-corrected chi connectivity index (χ3v) is 2.72. The van der Waals surface area contributed by atoms with Crippen LogP contribution < -0.4 is 0 Å². The molecule has 0 amide bonds. The number of carbonyl (C=O) groups is 1. The van der Waals surface area contributed by atoms with Crippen molar-refractivity contribution in [3.8, 4) is 0 Å². The summed E-state index contributed by atoms with van der Waals surface area (Å²) in [4.78, 5) is 10.3. The molecular weight excluding hydrogens is 309 g/mol. The molecule has 0 aromatic heterocycles. The summed E-state index contributed by atoms with van der Waals surface area (Å²) in [7, 11) is 0. The topological polar surface area (TPSA) is 57.5 Å². The van der Waals surface area contributed by atoms with Crippen LogP contribution in [0.4, 0.5) is 8.78 Å². The van der Waals surface area contributed by atoms with E-state index in [1.807, 2.05) is 0 Å². The van der Waals surface area contributed by atoms with E-state index >= 15 is 0 Å². The SMILES string of the molecule is O=C(O)C(F)(F)C(O)c1cc(Br)ccc1Cl. The van der Waals surface area contributed by atoms with Gasteiger partial charge in [0.2, 0.25) is 0 Å². The Bertz CT molecular complexity index is 425. The summed E-state index contributed by atoms with van der Waals surface area (Å²) in [6.07, 6.45) is -2.49. The Morgan fingerprint density at radius 2 is 2.06 bits per heavy atom. The Balaban J connectivity index is 3.19. The average Bonchev–Trinajstić information content (AvgIpc) is 2.20. The van der Waals surface area contributed by atoms with Gasteiger partial charge in [0.25, 0.3) is 0 Å². The van der Waals surface area contributed by atoms with Crippen LogP contribution in [0.2, 0.25) is 5.02 Å². The Labute approximate surface area is 103 Å². The lowest BCUT2D eigenvalue weighted by molar-refractivity contribution is -0.182. The van der Waals surface area contributed by atoms with Crippen molar-refractivity contribution >= 4 is 33.5 Å². The van der Waals surface area contributed by atoms with Gasteiger partial charge in [-0.1, -0.05) is 27.5 Å². The van der Waals surface area contributed by atoms with Gasteiger partial charge in [-0.25, -0.2) is 4.79 Å². The second-order valence-electron chi connectivity index (χ2n) is 3.00. The largest absolute Gasteiger partial charge is 0.477 e. The quantitative estimate of drug-likeness (QED) is 0.902. The van der Waals surface area contributed by atoms with Crippen LogP contribution in [0.25, 0.3) is 0 Å². The maximum absolute atomic E-state index is 13.0. The van der Waals surface area contributed by atoms with Crippen LogP contribution in [0.1, 0.15) is 11.7 Å². The van der Waals surface area contributed by atoms with E-state index in [1.165, 1.54) is 12.1 Å². The third-order valence-electron chi connectivity index (χ3n) is 1.88. The fraction of sp³-hybridized carbons (Fsp3) is 0.222. The molecule has 88 valence electrons. The predicted molar refractivity (Wildman–Crippen MR) is 56.7 cm³/mol. The lowest BCUT2D eigenvalue weighted by Gasteiger charge is -2.19. The third kappa shape index (κ3) is 2.50. The molecule has 0 aliphatic heterocycles. The molecule has 0 spiro atoms. The number of benzene rings is 1. The number of aliphatic carboxylic acids is 1. The summed E-state index contributed by atoms with van der Waals surface area (Å²) in [5, 5.41) is 17.4. The minimum absolute atomic E-state index is 0.128. The van der Waals surface area contributed by atoms with Crippen molar-refractivity contribution in [2.75, 3.05) is 0 Å². The molecule has 0 fully saturated rings. The van der Waals surface area contributed by atoms with Gasteiger partial charge in [0.1, 0.15) is 0 Å². The number of hydrogen-bond donors (Lipinski definition) is 2. The van der Waals surface area contributed by atoms with E-state index in [2.05, 4.69) is 15.9 Å². The number of carboxylic acid groups (broad SMARTS) is 1. The number of aliphatic hydroxyl groups excluding tert-OH is 1. The van der Waals surface area contributed by atoms with Crippen LogP contribution >= 0.6 is 27.5 Å². The molecule has 0 saturated heterocycles. The van der Waals surface area contributed by atoms with Crippen molar-refractivity contribution < 1.29 is 23.8 Å². The maximum Gasteiger partial charge on any atom is 0.377 e. The van der Waals surface area contributed by atoms with Gasteiger partial charge in [-0.2, -0.15) is 8.78 Å². The molecule has 1 rings (SSSR count). The lowest BCUT2D eigenvalue weighted by Crippen LogP contribution is -2.35. The second-order valence-corrected chi connectivity index (χ2v) is 4.32. The van der Waals surface area contributed by atoms with Crippen LogP contribution in [0.15, 0.2) is 22.7 Å². The average molecular weight is 315 g/mol. The van der Waals surface area contributed by atoms with E-state index < -0.39 is 18.0 Å². The zero-order valence-corrected chi connectivity index (χ0v) is 9.97. The number of rotatable bonds is 3. The molecule has 0 aliphatic rings.